The monoisotopic (exact) mass is 645 g/mol. The normalized spacial score (nSPS) is 23.8. The van der Waals surface area contributed by atoms with E-state index in [2.05, 4.69) is 20.0 Å². The summed E-state index contributed by atoms with van der Waals surface area (Å²) in [6, 6.07) is 2.11. The van der Waals surface area contributed by atoms with Crippen LogP contribution in [0.1, 0.15) is 68.9 Å². The number of nitrogens with zero attached hydrogens (tertiary/aromatic N) is 6. The Balaban J connectivity index is 1.24. The SMILES string of the molecule is Cc1cc2[nH]ncc2c(-c2ncc3c(N4CCCC5(CCC5)C4)nc(OCC45CCCN4C[C@H](F)C5)nc3c2F)c1CCCOC=O. The lowest BCUT2D eigenvalue weighted by Crippen LogP contribution is -2.47. The quantitative estimate of drug-likeness (QED) is 0.168. The fourth-order valence-electron chi connectivity index (χ4n) is 8.86. The van der Waals surface area contributed by atoms with Gasteiger partial charge in [0.1, 0.15) is 29.8 Å². The molecule has 3 saturated heterocycles. The van der Waals surface area contributed by atoms with Crippen molar-refractivity contribution in [3.63, 3.8) is 0 Å². The number of alkyl halides is 1. The van der Waals surface area contributed by atoms with Crippen molar-refractivity contribution in [1.29, 1.82) is 0 Å². The van der Waals surface area contributed by atoms with Crippen LogP contribution in [0.3, 0.4) is 0 Å². The minimum atomic E-state index is -0.877. The van der Waals surface area contributed by atoms with Crippen molar-refractivity contribution in [2.75, 3.05) is 44.3 Å². The lowest BCUT2D eigenvalue weighted by molar-refractivity contribution is -0.128. The molecule has 10 nitrogen and oxygen atoms in total. The Morgan fingerprint density at radius 3 is 2.79 bits per heavy atom. The number of aryl methyl sites for hydroxylation is 1. The van der Waals surface area contributed by atoms with Gasteiger partial charge in [-0.1, -0.05) is 6.42 Å². The van der Waals surface area contributed by atoms with Crippen LogP contribution in [0.25, 0.3) is 33.1 Å². The van der Waals surface area contributed by atoms with Crippen molar-refractivity contribution in [1.82, 2.24) is 30.0 Å². The van der Waals surface area contributed by atoms with E-state index in [1.54, 1.807) is 12.4 Å². The average Bonchev–Trinajstić information content (AvgIpc) is 3.76. The fourth-order valence-corrected chi connectivity index (χ4v) is 8.86. The lowest BCUT2D eigenvalue weighted by atomic mass is 9.64. The largest absolute Gasteiger partial charge is 0.468 e. The van der Waals surface area contributed by atoms with E-state index >= 15 is 4.39 Å². The summed E-state index contributed by atoms with van der Waals surface area (Å²) >= 11 is 0. The molecule has 1 saturated carbocycles. The first-order valence-corrected chi connectivity index (χ1v) is 17.0. The van der Waals surface area contributed by atoms with E-state index in [-0.39, 0.29) is 41.4 Å². The van der Waals surface area contributed by atoms with Gasteiger partial charge in [-0.05, 0) is 87.4 Å². The molecular weight excluding hydrogens is 604 g/mol. The summed E-state index contributed by atoms with van der Waals surface area (Å²) in [6.07, 6.45) is 11.8. The maximum Gasteiger partial charge on any atom is 0.319 e. The van der Waals surface area contributed by atoms with E-state index in [1.807, 2.05) is 13.0 Å². The molecule has 4 fully saturated rings. The molecule has 1 aromatic carbocycles. The molecular formula is C35H41F2N7O3. The number of anilines is 1. The highest BCUT2D eigenvalue weighted by Gasteiger charge is 2.49. The predicted octanol–water partition coefficient (Wildman–Crippen LogP) is 5.85. The van der Waals surface area contributed by atoms with Crippen molar-refractivity contribution in [3.8, 4) is 17.3 Å². The number of nitrogens with one attached hydrogen (secondary N) is 1. The topological polar surface area (TPSA) is 109 Å². The molecule has 3 aromatic heterocycles. The lowest BCUT2D eigenvalue weighted by Gasteiger charge is -2.49. The van der Waals surface area contributed by atoms with Gasteiger partial charge in [-0.3, -0.25) is 19.8 Å². The number of aromatic amines is 1. The zero-order valence-electron chi connectivity index (χ0n) is 26.9. The first-order chi connectivity index (χ1) is 22.9. The third-order valence-corrected chi connectivity index (χ3v) is 11.3. The molecule has 47 heavy (non-hydrogen) atoms. The predicted molar refractivity (Wildman–Crippen MR) is 174 cm³/mol. The molecule has 4 aromatic rings. The highest BCUT2D eigenvalue weighted by atomic mass is 19.1. The fraction of sp³-hybridized carbons (Fsp3) is 0.571. The highest BCUT2D eigenvalue weighted by molar-refractivity contribution is 5.99. The molecule has 4 aliphatic rings. The number of carbonyl (C=O) groups excluding carboxylic acids is 1. The number of rotatable bonds is 10. The molecule has 248 valence electrons. The first kappa shape index (κ1) is 30.4. The van der Waals surface area contributed by atoms with Gasteiger partial charge < -0.3 is 14.4 Å². The summed E-state index contributed by atoms with van der Waals surface area (Å²) in [4.78, 5) is 29.6. The number of aromatic nitrogens is 5. The number of hydrogen-bond acceptors (Lipinski definition) is 9. The van der Waals surface area contributed by atoms with Gasteiger partial charge in [-0.25, -0.2) is 8.78 Å². The van der Waals surface area contributed by atoms with Crippen molar-refractivity contribution in [2.24, 2.45) is 5.41 Å². The maximum absolute atomic E-state index is 17.1. The van der Waals surface area contributed by atoms with Gasteiger partial charge in [0.25, 0.3) is 6.47 Å². The standard InChI is InChI=1S/C35H41F2N7O3/c1-22-14-27-25(17-39-42-27)28(24(22)6-2-13-46-21-45)31-29(37)30-26(16-38-31)32(43-11-4-9-34(19-43)7-3-8-34)41-33(40-30)47-20-35-10-5-12-44(35)18-23(36)15-35/h14,16-17,21,23H,2-13,15,18-20H2,1H3,(H,39,42)/t23-,35?/m1/s1. The van der Waals surface area contributed by atoms with Gasteiger partial charge in [-0.2, -0.15) is 15.1 Å². The Hall–Kier alpha value is -3.93. The van der Waals surface area contributed by atoms with Crippen molar-refractivity contribution >= 4 is 34.1 Å². The summed E-state index contributed by atoms with van der Waals surface area (Å²) in [5.41, 5.74) is 3.54. The molecule has 0 radical (unpaired) electrons. The van der Waals surface area contributed by atoms with Crippen LogP contribution in [0.2, 0.25) is 0 Å². The van der Waals surface area contributed by atoms with Crippen LogP contribution in [0, 0.1) is 18.2 Å². The molecule has 8 rings (SSSR count). The second-order valence-corrected chi connectivity index (χ2v) is 14.2. The molecule has 1 unspecified atom stereocenters. The van der Waals surface area contributed by atoms with E-state index < -0.39 is 12.0 Å². The molecule has 1 spiro atoms. The first-order valence-electron chi connectivity index (χ1n) is 17.0. The van der Waals surface area contributed by atoms with Crippen molar-refractivity contribution in [2.45, 2.75) is 82.8 Å². The van der Waals surface area contributed by atoms with E-state index in [0.29, 0.717) is 49.0 Å². The number of fused-ring (bicyclic) bond motifs is 3. The summed E-state index contributed by atoms with van der Waals surface area (Å²) in [5.74, 6) is 0.101. The molecule has 2 atom stereocenters. The van der Waals surface area contributed by atoms with Gasteiger partial charge in [0.2, 0.25) is 0 Å². The number of piperidine rings is 1. The van der Waals surface area contributed by atoms with Crippen LogP contribution in [-0.2, 0) is 16.0 Å². The van der Waals surface area contributed by atoms with E-state index in [4.69, 9.17) is 24.4 Å². The molecule has 3 aliphatic heterocycles. The Morgan fingerprint density at radius 2 is 1.96 bits per heavy atom. The Labute approximate surface area is 272 Å². The number of halogens is 2. The van der Waals surface area contributed by atoms with Crippen LogP contribution in [0.5, 0.6) is 6.01 Å². The van der Waals surface area contributed by atoms with Crippen LogP contribution in [0.4, 0.5) is 14.6 Å². The Bertz CT molecular complexity index is 1830. The van der Waals surface area contributed by atoms with Gasteiger partial charge in [0.15, 0.2) is 5.82 Å². The summed E-state index contributed by atoms with van der Waals surface area (Å²) < 4.78 is 43.0. The summed E-state index contributed by atoms with van der Waals surface area (Å²) in [6.45, 7) is 5.91. The number of benzene rings is 1. The second kappa shape index (κ2) is 11.9. The minimum Gasteiger partial charge on any atom is -0.468 e. The third-order valence-electron chi connectivity index (χ3n) is 11.3. The van der Waals surface area contributed by atoms with Gasteiger partial charge in [0, 0.05) is 43.2 Å². The number of ether oxygens (including phenoxy) is 2. The highest BCUT2D eigenvalue weighted by Crippen LogP contribution is 2.49. The minimum absolute atomic E-state index is 0.115. The van der Waals surface area contributed by atoms with Crippen LogP contribution in [-0.4, -0.2) is 87.6 Å². The Morgan fingerprint density at radius 1 is 1.11 bits per heavy atom. The van der Waals surface area contributed by atoms with E-state index in [0.717, 1.165) is 60.9 Å². The number of pyridine rings is 1. The van der Waals surface area contributed by atoms with Crippen LogP contribution < -0.4 is 9.64 Å². The maximum atomic E-state index is 17.1. The summed E-state index contributed by atoms with van der Waals surface area (Å²) in [7, 11) is 0. The molecule has 0 bridgehead atoms. The zero-order chi connectivity index (χ0) is 32.2. The molecule has 1 aliphatic carbocycles. The number of hydrogen-bond donors (Lipinski definition) is 1. The van der Waals surface area contributed by atoms with Gasteiger partial charge >= 0.3 is 6.01 Å². The van der Waals surface area contributed by atoms with Gasteiger partial charge in [0.05, 0.1) is 29.2 Å². The van der Waals surface area contributed by atoms with Crippen LogP contribution in [0.15, 0.2) is 18.5 Å². The van der Waals surface area contributed by atoms with E-state index in [1.165, 1.54) is 25.7 Å². The molecule has 6 heterocycles. The number of H-pyrrole nitrogens is 1. The number of carbonyl (C=O) groups is 1. The summed E-state index contributed by atoms with van der Waals surface area (Å²) in [5, 5.41) is 8.58. The zero-order valence-corrected chi connectivity index (χ0v) is 26.9. The molecule has 1 N–H and O–H groups in total. The second-order valence-electron chi connectivity index (χ2n) is 14.2. The third kappa shape index (κ3) is 5.28. The van der Waals surface area contributed by atoms with Crippen molar-refractivity contribution in [3.05, 3.63) is 35.4 Å². The van der Waals surface area contributed by atoms with Crippen LogP contribution >= 0.6 is 0 Å². The van der Waals surface area contributed by atoms with Crippen molar-refractivity contribution < 1.29 is 23.0 Å². The Kier molecular flexibility index (Phi) is 7.73. The van der Waals surface area contributed by atoms with E-state index in [9.17, 15) is 9.18 Å². The smallest absolute Gasteiger partial charge is 0.319 e. The average molecular weight is 646 g/mol. The molecule has 12 heteroatoms. The molecule has 0 amide bonds. The van der Waals surface area contributed by atoms with Gasteiger partial charge in [-0.15, -0.1) is 0 Å².